The van der Waals surface area contributed by atoms with Gasteiger partial charge in [-0.25, -0.2) is 4.79 Å². The zero-order valence-electron chi connectivity index (χ0n) is 11.9. The molecular formula is C12H19F3N4O. The van der Waals surface area contributed by atoms with E-state index in [0.717, 1.165) is 19.4 Å². The van der Waals surface area contributed by atoms with Crippen molar-refractivity contribution in [3.8, 4) is 0 Å². The zero-order chi connectivity index (χ0) is 15.6. The van der Waals surface area contributed by atoms with Crippen molar-refractivity contribution in [1.29, 1.82) is 0 Å². The second kappa shape index (κ2) is 5.72. The molecule has 5 nitrogen and oxygen atoms in total. The number of halogens is 3. The van der Waals surface area contributed by atoms with Gasteiger partial charge in [0.25, 0.3) is 0 Å². The maximum Gasteiger partial charge on any atom is 0.395 e. The van der Waals surface area contributed by atoms with E-state index >= 15 is 0 Å². The number of urea groups is 1. The minimum Gasteiger partial charge on any atom is -0.337 e. The number of hydrogen-bond acceptors (Lipinski definition) is 2. The van der Waals surface area contributed by atoms with Gasteiger partial charge in [-0.05, 0) is 20.8 Å². The maximum absolute atomic E-state index is 12.6. The van der Waals surface area contributed by atoms with E-state index in [1.807, 2.05) is 0 Å². The Hall–Kier alpha value is -1.73. The molecule has 0 unspecified atom stereocenters. The fourth-order valence-electron chi connectivity index (χ4n) is 1.40. The van der Waals surface area contributed by atoms with Gasteiger partial charge in [0, 0.05) is 25.4 Å². The molecule has 2 amide bonds. The van der Waals surface area contributed by atoms with Gasteiger partial charge < -0.3 is 10.6 Å². The molecule has 2 N–H and O–H groups in total. The van der Waals surface area contributed by atoms with Crippen LogP contribution in [0.25, 0.3) is 0 Å². The van der Waals surface area contributed by atoms with Crippen LogP contribution in [0.3, 0.4) is 0 Å². The highest BCUT2D eigenvalue weighted by molar-refractivity contribution is 5.74. The van der Waals surface area contributed by atoms with Crippen LogP contribution in [-0.2, 0) is 7.05 Å². The molecule has 0 saturated carbocycles. The summed E-state index contributed by atoms with van der Waals surface area (Å²) in [6.07, 6.45) is -1.05. The SMILES string of the molecule is C[C@@H](NC(=O)NCC(C)(C)C(F)(F)F)c1cnn(C)c1. The molecule has 8 heteroatoms. The Labute approximate surface area is 115 Å². The summed E-state index contributed by atoms with van der Waals surface area (Å²) in [6, 6.07) is -0.976. The average Bonchev–Trinajstić information content (AvgIpc) is 2.72. The first-order valence-corrected chi connectivity index (χ1v) is 6.12. The third-order valence-electron chi connectivity index (χ3n) is 3.03. The summed E-state index contributed by atoms with van der Waals surface area (Å²) in [7, 11) is 1.74. The maximum atomic E-state index is 12.6. The summed E-state index contributed by atoms with van der Waals surface area (Å²) in [5.74, 6) is 0. The van der Waals surface area contributed by atoms with Crippen LogP contribution >= 0.6 is 0 Å². The fourth-order valence-corrected chi connectivity index (χ4v) is 1.40. The molecule has 114 valence electrons. The summed E-state index contributed by atoms with van der Waals surface area (Å²) in [4.78, 5) is 11.6. The monoisotopic (exact) mass is 292 g/mol. The lowest BCUT2D eigenvalue weighted by Crippen LogP contribution is -2.46. The molecule has 0 saturated heterocycles. The molecular weight excluding hydrogens is 273 g/mol. The predicted molar refractivity (Wildman–Crippen MR) is 68.0 cm³/mol. The van der Waals surface area contributed by atoms with E-state index in [1.165, 1.54) is 0 Å². The van der Waals surface area contributed by atoms with Crippen molar-refractivity contribution in [3.05, 3.63) is 18.0 Å². The first-order chi connectivity index (χ1) is 9.03. The molecule has 1 aromatic rings. The van der Waals surface area contributed by atoms with Crippen molar-refractivity contribution in [2.24, 2.45) is 12.5 Å². The van der Waals surface area contributed by atoms with E-state index in [-0.39, 0.29) is 6.04 Å². The summed E-state index contributed by atoms with van der Waals surface area (Å²) in [5, 5.41) is 8.76. The zero-order valence-corrected chi connectivity index (χ0v) is 11.9. The van der Waals surface area contributed by atoms with Crippen LogP contribution in [-0.4, -0.2) is 28.5 Å². The van der Waals surface area contributed by atoms with Crippen molar-refractivity contribution in [1.82, 2.24) is 20.4 Å². The smallest absolute Gasteiger partial charge is 0.337 e. The number of alkyl halides is 3. The van der Waals surface area contributed by atoms with E-state index < -0.39 is 24.2 Å². The highest BCUT2D eigenvalue weighted by atomic mass is 19.4. The van der Waals surface area contributed by atoms with E-state index in [1.54, 1.807) is 31.0 Å². The molecule has 0 aromatic carbocycles. The second-order valence-corrected chi connectivity index (χ2v) is 5.38. The van der Waals surface area contributed by atoms with Crippen LogP contribution in [0.4, 0.5) is 18.0 Å². The molecule has 1 aromatic heterocycles. The van der Waals surface area contributed by atoms with Crippen LogP contribution in [0.1, 0.15) is 32.4 Å². The number of aromatic nitrogens is 2. The van der Waals surface area contributed by atoms with Crippen molar-refractivity contribution < 1.29 is 18.0 Å². The van der Waals surface area contributed by atoms with Crippen molar-refractivity contribution >= 4 is 6.03 Å². The molecule has 0 radical (unpaired) electrons. The number of aryl methyl sites for hydroxylation is 1. The highest BCUT2D eigenvalue weighted by Crippen LogP contribution is 2.36. The Morgan fingerprint density at radius 2 is 2.05 bits per heavy atom. The van der Waals surface area contributed by atoms with Gasteiger partial charge in [-0.2, -0.15) is 18.3 Å². The summed E-state index contributed by atoms with van der Waals surface area (Å²) >= 11 is 0. The average molecular weight is 292 g/mol. The second-order valence-electron chi connectivity index (χ2n) is 5.38. The van der Waals surface area contributed by atoms with Gasteiger partial charge in [0.1, 0.15) is 0 Å². The van der Waals surface area contributed by atoms with Gasteiger partial charge in [0.05, 0.1) is 17.7 Å². The van der Waals surface area contributed by atoms with E-state index in [0.29, 0.717) is 0 Å². The van der Waals surface area contributed by atoms with Crippen LogP contribution in [0, 0.1) is 5.41 Å². The largest absolute Gasteiger partial charge is 0.395 e. The van der Waals surface area contributed by atoms with Crippen molar-refractivity contribution in [2.45, 2.75) is 33.0 Å². The van der Waals surface area contributed by atoms with Crippen LogP contribution in [0.5, 0.6) is 0 Å². The fraction of sp³-hybridized carbons (Fsp3) is 0.667. The highest BCUT2D eigenvalue weighted by Gasteiger charge is 2.47. The number of hydrogen-bond donors (Lipinski definition) is 2. The van der Waals surface area contributed by atoms with Crippen LogP contribution in [0.2, 0.25) is 0 Å². The number of carbonyl (C=O) groups is 1. The minimum absolute atomic E-state index is 0.335. The first kappa shape index (κ1) is 16.3. The van der Waals surface area contributed by atoms with E-state index in [2.05, 4.69) is 15.7 Å². The molecule has 0 bridgehead atoms. The molecule has 1 heterocycles. The van der Waals surface area contributed by atoms with Crippen LogP contribution in [0.15, 0.2) is 12.4 Å². The summed E-state index contributed by atoms with van der Waals surface area (Å²) in [6.45, 7) is 3.32. The molecule has 0 fully saturated rings. The molecule has 20 heavy (non-hydrogen) atoms. The summed E-state index contributed by atoms with van der Waals surface area (Å²) < 4.78 is 39.5. The number of carbonyl (C=O) groups excluding carboxylic acids is 1. The van der Waals surface area contributed by atoms with E-state index in [9.17, 15) is 18.0 Å². The van der Waals surface area contributed by atoms with Crippen molar-refractivity contribution in [2.75, 3.05) is 6.54 Å². The van der Waals surface area contributed by atoms with Crippen molar-refractivity contribution in [3.63, 3.8) is 0 Å². The first-order valence-electron chi connectivity index (χ1n) is 6.12. The summed E-state index contributed by atoms with van der Waals surface area (Å²) in [5.41, 5.74) is -1.19. The Kier molecular flexibility index (Phi) is 4.67. The topological polar surface area (TPSA) is 59.0 Å². The predicted octanol–water partition coefficient (Wildman–Crippen LogP) is 2.37. The van der Waals surface area contributed by atoms with Gasteiger partial charge in [0.15, 0.2) is 0 Å². The van der Waals surface area contributed by atoms with Gasteiger partial charge in [-0.15, -0.1) is 0 Å². The number of amides is 2. The standard InChI is InChI=1S/C12H19F3N4O/c1-8(9-5-17-19(4)6-9)18-10(20)16-7-11(2,3)12(13,14)15/h5-6,8H,7H2,1-4H3,(H2,16,18,20)/t8-/m1/s1. The third kappa shape index (κ3) is 4.14. The Morgan fingerprint density at radius 1 is 1.45 bits per heavy atom. The quantitative estimate of drug-likeness (QED) is 0.895. The van der Waals surface area contributed by atoms with Gasteiger partial charge in [-0.1, -0.05) is 0 Å². The lowest BCUT2D eigenvalue weighted by Gasteiger charge is -2.28. The molecule has 0 aliphatic carbocycles. The molecule has 0 spiro atoms. The Balaban J connectivity index is 2.49. The molecule has 0 aliphatic rings. The molecule has 1 atom stereocenters. The number of nitrogens with zero attached hydrogens (tertiary/aromatic N) is 2. The van der Waals surface area contributed by atoms with Gasteiger partial charge >= 0.3 is 12.2 Å². The Bertz CT molecular complexity index is 468. The lowest BCUT2D eigenvalue weighted by atomic mass is 9.93. The Morgan fingerprint density at radius 3 is 2.50 bits per heavy atom. The van der Waals surface area contributed by atoms with E-state index in [4.69, 9.17) is 0 Å². The number of rotatable bonds is 4. The van der Waals surface area contributed by atoms with Gasteiger partial charge in [0.2, 0.25) is 0 Å². The number of nitrogens with one attached hydrogen (secondary N) is 2. The lowest BCUT2D eigenvalue weighted by molar-refractivity contribution is -0.208. The third-order valence-corrected chi connectivity index (χ3v) is 3.03. The van der Waals surface area contributed by atoms with Gasteiger partial charge in [-0.3, -0.25) is 4.68 Å². The molecule has 0 aliphatic heterocycles. The molecule has 1 rings (SSSR count). The van der Waals surface area contributed by atoms with Crippen LogP contribution < -0.4 is 10.6 Å². The minimum atomic E-state index is -4.37. The normalized spacial score (nSPS) is 13.9.